The molecule has 3 heteroatoms. The summed E-state index contributed by atoms with van der Waals surface area (Å²) < 4.78 is 6.64. The van der Waals surface area contributed by atoms with Gasteiger partial charge in [0.25, 0.3) is 0 Å². The predicted molar refractivity (Wildman–Crippen MR) is 293 cm³/mol. The molecule has 68 heavy (non-hydrogen) atoms. The fourth-order valence-electron chi connectivity index (χ4n) is 9.98. The topological polar surface area (TPSA) is 37.9 Å². The van der Waals surface area contributed by atoms with Crippen LogP contribution in [0.25, 0.3) is 98.8 Å². The van der Waals surface area contributed by atoms with Crippen molar-refractivity contribution in [2.45, 2.75) is 59.3 Å². The lowest BCUT2D eigenvalue weighted by Crippen LogP contribution is -2.10. The Bertz CT molecular complexity index is 3810. The number of para-hydroxylation sites is 1. The van der Waals surface area contributed by atoms with Crippen LogP contribution in [0.2, 0.25) is 0 Å². The zero-order chi connectivity index (χ0) is 46.9. The molecule has 11 rings (SSSR count). The first-order valence-electron chi connectivity index (χ1n) is 23.6. The van der Waals surface area contributed by atoms with Crippen molar-refractivity contribution in [1.82, 2.24) is 0 Å². The van der Waals surface area contributed by atoms with Crippen LogP contribution < -0.4 is 0 Å². The van der Waals surface area contributed by atoms with E-state index < -0.39 is 0 Å². The van der Waals surface area contributed by atoms with Crippen LogP contribution in [-0.2, 0) is 10.8 Å². The molecule has 330 valence electrons. The van der Waals surface area contributed by atoms with Crippen LogP contribution in [0.15, 0.2) is 202 Å². The molecule has 0 unspecified atom stereocenters. The van der Waals surface area contributed by atoms with Crippen molar-refractivity contribution in [2.24, 2.45) is 9.98 Å². The van der Waals surface area contributed by atoms with E-state index in [1.807, 2.05) is 0 Å². The van der Waals surface area contributed by atoms with Gasteiger partial charge in [-0.15, -0.1) is 0 Å². The van der Waals surface area contributed by atoms with Crippen molar-refractivity contribution in [3.63, 3.8) is 0 Å². The highest BCUT2D eigenvalue weighted by Crippen LogP contribution is 2.47. The highest BCUT2D eigenvalue weighted by atomic mass is 16.3. The maximum atomic E-state index is 6.64. The molecule has 0 fully saturated rings. The molecule has 0 aliphatic rings. The summed E-state index contributed by atoms with van der Waals surface area (Å²) >= 11 is 0. The van der Waals surface area contributed by atoms with Crippen molar-refractivity contribution >= 4 is 78.1 Å². The fraction of sp³-hybridized carbons (Fsp3) is 0.138. The highest BCUT2D eigenvalue weighted by Gasteiger charge is 2.20. The summed E-state index contributed by atoms with van der Waals surface area (Å²) in [7, 11) is 0. The molecule has 0 amide bonds. The van der Waals surface area contributed by atoms with E-state index in [4.69, 9.17) is 14.4 Å². The number of furan rings is 1. The predicted octanol–water partition coefficient (Wildman–Crippen LogP) is 18.8. The van der Waals surface area contributed by atoms with Gasteiger partial charge in [0.1, 0.15) is 11.2 Å². The van der Waals surface area contributed by atoms with E-state index in [1.165, 1.54) is 21.9 Å². The molecule has 11 aromatic rings. The van der Waals surface area contributed by atoms with Crippen LogP contribution in [0.5, 0.6) is 0 Å². The second-order valence-corrected chi connectivity index (χ2v) is 20.3. The quantitative estimate of drug-likeness (QED) is 0.116. The fourth-order valence-corrected chi connectivity index (χ4v) is 9.98. The summed E-state index contributed by atoms with van der Waals surface area (Å²) in [6, 6.07) is 68.1. The molecule has 0 atom stereocenters. The SMILES string of the molecule is C=Nc1c(/N=C(\C)c2cccc(-c3cccc(-c4cccc5c4oc4ccc6ccccc6c45)c3)c2)c2cc(-c3ccc(C(C)(C)C)cc3)ccc2c2ccc(-c3ccc(C(C)(C)C)cc3)cc12. The van der Waals surface area contributed by atoms with Crippen LogP contribution in [0.1, 0.15) is 65.2 Å². The van der Waals surface area contributed by atoms with Gasteiger partial charge in [0.15, 0.2) is 0 Å². The Hall–Kier alpha value is -7.88. The third-order valence-electron chi connectivity index (χ3n) is 13.8. The Labute approximate surface area is 399 Å². The Morgan fingerprint density at radius 1 is 0.426 bits per heavy atom. The average molecular weight is 879 g/mol. The first kappa shape index (κ1) is 42.7. The molecule has 0 aliphatic carbocycles. The van der Waals surface area contributed by atoms with Gasteiger partial charge >= 0.3 is 0 Å². The zero-order valence-electron chi connectivity index (χ0n) is 39.9. The van der Waals surface area contributed by atoms with Gasteiger partial charge in [-0.2, -0.15) is 0 Å². The monoisotopic (exact) mass is 878 g/mol. The van der Waals surface area contributed by atoms with Crippen molar-refractivity contribution in [3.05, 3.63) is 205 Å². The molecule has 3 nitrogen and oxygen atoms in total. The van der Waals surface area contributed by atoms with E-state index in [0.29, 0.717) is 0 Å². The minimum atomic E-state index is 0.0680. The van der Waals surface area contributed by atoms with Gasteiger partial charge in [-0.1, -0.05) is 199 Å². The lowest BCUT2D eigenvalue weighted by molar-refractivity contribution is 0.590. The van der Waals surface area contributed by atoms with E-state index in [-0.39, 0.29) is 10.8 Å². The summed E-state index contributed by atoms with van der Waals surface area (Å²) in [4.78, 5) is 10.4. The molecule has 1 heterocycles. The molecule has 0 N–H and O–H groups in total. The molecule has 0 saturated heterocycles. The van der Waals surface area contributed by atoms with Crippen LogP contribution in [-0.4, -0.2) is 12.4 Å². The summed E-state index contributed by atoms with van der Waals surface area (Å²) in [6.07, 6.45) is 0. The normalized spacial score (nSPS) is 12.5. The lowest BCUT2D eigenvalue weighted by atomic mass is 9.85. The summed E-state index contributed by atoms with van der Waals surface area (Å²) in [6.45, 7) is 19.8. The third-order valence-corrected chi connectivity index (χ3v) is 13.8. The van der Waals surface area contributed by atoms with Crippen LogP contribution in [0, 0.1) is 0 Å². The van der Waals surface area contributed by atoms with Crippen molar-refractivity contribution in [3.8, 4) is 44.5 Å². The van der Waals surface area contributed by atoms with Crippen LogP contribution in [0.3, 0.4) is 0 Å². The van der Waals surface area contributed by atoms with Crippen LogP contribution >= 0.6 is 0 Å². The van der Waals surface area contributed by atoms with E-state index in [1.54, 1.807) is 0 Å². The Morgan fingerprint density at radius 2 is 0.956 bits per heavy atom. The number of aliphatic imine (C=N–C) groups is 2. The molecule has 0 aliphatic heterocycles. The van der Waals surface area contributed by atoms with E-state index >= 15 is 0 Å². The van der Waals surface area contributed by atoms with Crippen LogP contribution in [0.4, 0.5) is 11.4 Å². The van der Waals surface area contributed by atoms with E-state index in [0.717, 1.165) is 111 Å². The van der Waals surface area contributed by atoms with Gasteiger partial charge in [0, 0.05) is 32.8 Å². The molecule has 0 spiro atoms. The Kier molecular flexibility index (Phi) is 10.4. The van der Waals surface area contributed by atoms with Gasteiger partial charge in [-0.3, -0.25) is 9.98 Å². The molecule has 0 bridgehead atoms. The van der Waals surface area contributed by atoms with Crippen molar-refractivity contribution in [2.75, 3.05) is 0 Å². The maximum absolute atomic E-state index is 6.64. The number of hydrogen-bond acceptors (Lipinski definition) is 3. The number of fused-ring (bicyclic) bond motifs is 8. The van der Waals surface area contributed by atoms with Gasteiger partial charge in [0.2, 0.25) is 0 Å². The summed E-state index contributed by atoms with van der Waals surface area (Å²) in [5.41, 5.74) is 17.0. The minimum absolute atomic E-state index is 0.0680. The minimum Gasteiger partial charge on any atom is -0.455 e. The molecular formula is C65H54N2O. The smallest absolute Gasteiger partial charge is 0.143 e. The number of nitrogens with zero attached hydrogens (tertiary/aromatic N) is 2. The van der Waals surface area contributed by atoms with Gasteiger partial charge < -0.3 is 4.42 Å². The first-order valence-corrected chi connectivity index (χ1v) is 23.6. The Morgan fingerprint density at radius 3 is 1.59 bits per heavy atom. The average Bonchev–Trinajstić information content (AvgIpc) is 3.75. The standard InChI is InChI=1S/C65H54N2O/c1-40(44-15-11-16-45(36-44)46-17-12-18-49(37-46)53-20-13-21-56-60-52-19-10-9-14-43(52)28-35-59(60)68-63(53)56)67-62-58-39-48(42-24-31-51(32-25-42)65(5,6)7)27-34-55(58)54-33-26-47(38-57(54)61(62)66-8)41-22-29-50(30-23-41)64(2,3)4/h9-39H,8H2,1-7H3/b67-40+. The second kappa shape index (κ2) is 16.5. The molecule has 0 saturated carbocycles. The van der Waals surface area contributed by atoms with Crippen molar-refractivity contribution < 1.29 is 4.42 Å². The molecule has 10 aromatic carbocycles. The Balaban J connectivity index is 1.03. The number of rotatable bonds is 7. The van der Waals surface area contributed by atoms with Gasteiger partial charge in [-0.25, -0.2) is 0 Å². The largest absolute Gasteiger partial charge is 0.455 e. The second-order valence-electron chi connectivity index (χ2n) is 20.3. The number of benzene rings is 10. The zero-order valence-corrected chi connectivity index (χ0v) is 39.9. The van der Waals surface area contributed by atoms with E-state index in [2.05, 4.69) is 243 Å². The first-order chi connectivity index (χ1) is 32.8. The molecule has 0 radical (unpaired) electrons. The van der Waals surface area contributed by atoms with Gasteiger partial charge in [-0.05, 0) is 132 Å². The lowest BCUT2D eigenvalue weighted by Gasteiger charge is -2.20. The van der Waals surface area contributed by atoms with E-state index in [9.17, 15) is 0 Å². The number of hydrogen-bond donors (Lipinski definition) is 0. The van der Waals surface area contributed by atoms with Crippen molar-refractivity contribution in [1.29, 1.82) is 0 Å². The molecular weight excluding hydrogens is 825 g/mol. The third kappa shape index (κ3) is 7.58. The van der Waals surface area contributed by atoms with Gasteiger partial charge in [0.05, 0.1) is 11.4 Å². The highest BCUT2D eigenvalue weighted by molar-refractivity contribution is 6.22. The summed E-state index contributed by atoms with van der Waals surface area (Å²) in [5, 5.41) is 9.00. The molecule has 1 aromatic heterocycles. The summed E-state index contributed by atoms with van der Waals surface area (Å²) in [5.74, 6) is 0. The maximum Gasteiger partial charge on any atom is 0.143 e.